The standard InChI is InChI=1S/C44H42N4O/c1-28-20-29(2)43(30(3)21-28)32-22-34(47-27-31-12-8-10-14-39(31)46(47)7)25-36(23-32)49-35-16-17-38-37-13-9-11-15-40(37)48(41(38)26-35)42-24-33(18-19-45-42)44(4,5)6/h8-11,13-27H,12H2,1-7H3. The van der Waals surface area contributed by atoms with Gasteiger partial charge in [-0.3, -0.25) is 14.6 Å². The molecule has 0 saturated heterocycles. The number of aromatic nitrogens is 2. The maximum atomic E-state index is 6.84. The third-order valence-electron chi connectivity index (χ3n) is 9.85. The van der Waals surface area contributed by atoms with Crippen LogP contribution >= 0.6 is 0 Å². The van der Waals surface area contributed by atoms with Crippen LogP contribution in [0.1, 0.15) is 49.4 Å². The first-order valence-electron chi connectivity index (χ1n) is 17.1. The van der Waals surface area contributed by atoms with Gasteiger partial charge >= 0.3 is 0 Å². The molecule has 8 rings (SSSR count). The molecule has 1 aliphatic carbocycles. The zero-order chi connectivity index (χ0) is 34.0. The summed E-state index contributed by atoms with van der Waals surface area (Å²) in [6, 6.07) is 30.4. The van der Waals surface area contributed by atoms with E-state index < -0.39 is 0 Å². The van der Waals surface area contributed by atoms with E-state index in [-0.39, 0.29) is 5.41 Å². The Kier molecular flexibility index (Phi) is 7.25. The van der Waals surface area contributed by atoms with Crippen LogP contribution in [0.5, 0.6) is 11.5 Å². The highest BCUT2D eigenvalue weighted by Gasteiger charge is 2.26. The topological polar surface area (TPSA) is 33.5 Å². The first-order chi connectivity index (χ1) is 23.5. The highest BCUT2D eigenvalue weighted by Crippen LogP contribution is 2.41. The first-order valence-corrected chi connectivity index (χ1v) is 17.1. The molecule has 0 unspecified atom stereocenters. The fourth-order valence-corrected chi connectivity index (χ4v) is 7.56. The molecule has 4 aromatic carbocycles. The molecule has 0 N–H and O–H groups in total. The fraction of sp³-hybridized carbons (Fsp3) is 0.205. The number of para-hydroxylation sites is 1. The van der Waals surface area contributed by atoms with E-state index in [1.54, 1.807) is 0 Å². The number of pyridine rings is 1. The summed E-state index contributed by atoms with van der Waals surface area (Å²) in [4.78, 5) is 4.87. The number of ether oxygens (including phenoxy) is 1. The van der Waals surface area contributed by atoms with Crippen molar-refractivity contribution in [2.75, 3.05) is 12.1 Å². The summed E-state index contributed by atoms with van der Waals surface area (Å²) < 4.78 is 9.11. The Labute approximate surface area is 289 Å². The van der Waals surface area contributed by atoms with Crippen LogP contribution < -0.4 is 9.75 Å². The van der Waals surface area contributed by atoms with E-state index in [1.807, 2.05) is 6.20 Å². The predicted octanol–water partition coefficient (Wildman–Crippen LogP) is 11.3. The summed E-state index contributed by atoms with van der Waals surface area (Å²) in [7, 11) is 2.12. The van der Waals surface area contributed by atoms with Gasteiger partial charge in [-0.25, -0.2) is 4.98 Å². The van der Waals surface area contributed by atoms with Gasteiger partial charge in [-0.05, 0) is 115 Å². The fourth-order valence-electron chi connectivity index (χ4n) is 7.56. The number of fused-ring (bicyclic) bond motifs is 4. The van der Waals surface area contributed by atoms with Crippen molar-refractivity contribution in [3.05, 3.63) is 149 Å². The van der Waals surface area contributed by atoms with E-state index >= 15 is 0 Å². The molecule has 1 aliphatic heterocycles. The number of hydrazine groups is 1. The van der Waals surface area contributed by atoms with Gasteiger partial charge in [0.2, 0.25) is 0 Å². The smallest absolute Gasteiger partial charge is 0.137 e. The summed E-state index contributed by atoms with van der Waals surface area (Å²) in [5.74, 6) is 2.47. The maximum absolute atomic E-state index is 6.84. The molecule has 0 amide bonds. The van der Waals surface area contributed by atoms with E-state index in [0.29, 0.717) is 0 Å². The van der Waals surface area contributed by atoms with Gasteiger partial charge in [0.05, 0.1) is 22.4 Å². The number of benzene rings is 4. The van der Waals surface area contributed by atoms with Crippen molar-refractivity contribution in [3.8, 4) is 28.4 Å². The number of hydrogen-bond donors (Lipinski definition) is 0. The Morgan fingerprint density at radius 1 is 0.776 bits per heavy atom. The van der Waals surface area contributed by atoms with Crippen molar-refractivity contribution in [1.29, 1.82) is 0 Å². The molecule has 244 valence electrons. The van der Waals surface area contributed by atoms with Gasteiger partial charge < -0.3 is 4.74 Å². The van der Waals surface area contributed by atoms with Gasteiger partial charge in [-0.1, -0.05) is 68.8 Å². The van der Waals surface area contributed by atoms with Gasteiger partial charge in [-0.2, -0.15) is 0 Å². The van der Waals surface area contributed by atoms with E-state index in [0.717, 1.165) is 46.0 Å². The van der Waals surface area contributed by atoms with Crippen LogP contribution in [-0.2, 0) is 5.41 Å². The zero-order valence-electron chi connectivity index (χ0n) is 29.4. The van der Waals surface area contributed by atoms with Crippen LogP contribution in [0.3, 0.4) is 0 Å². The molecule has 2 aromatic heterocycles. The molecule has 0 spiro atoms. The number of likely N-dealkylation sites (N-methyl/N-ethyl adjacent to an activating group) is 1. The lowest BCUT2D eigenvalue weighted by atomic mass is 9.88. The van der Waals surface area contributed by atoms with E-state index in [1.165, 1.54) is 49.9 Å². The SMILES string of the molecule is Cc1cc(C)c(-c2cc(Oc3ccc4c5ccccc5n(-c5cc(C(C)(C)C)ccn5)c4c3)cc(N3C=C4CC=CC=C4N3C)c2)c(C)c1. The molecule has 5 nitrogen and oxygen atoms in total. The van der Waals surface area contributed by atoms with E-state index in [9.17, 15) is 0 Å². The van der Waals surface area contributed by atoms with Crippen molar-refractivity contribution in [2.24, 2.45) is 0 Å². The number of allylic oxidation sites excluding steroid dienone is 4. The third-order valence-corrected chi connectivity index (χ3v) is 9.85. The second-order valence-corrected chi connectivity index (χ2v) is 14.5. The van der Waals surface area contributed by atoms with E-state index in [2.05, 4.69) is 173 Å². The first kappa shape index (κ1) is 30.8. The monoisotopic (exact) mass is 642 g/mol. The second-order valence-electron chi connectivity index (χ2n) is 14.5. The van der Waals surface area contributed by atoms with Crippen LogP contribution in [0, 0.1) is 20.8 Å². The molecule has 0 bridgehead atoms. The van der Waals surface area contributed by atoms with Crippen molar-refractivity contribution >= 4 is 27.5 Å². The summed E-state index contributed by atoms with van der Waals surface area (Å²) in [5.41, 5.74) is 13.2. The van der Waals surface area contributed by atoms with Gasteiger partial charge in [0.25, 0.3) is 0 Å². The maximum Gasteiger partial charge on any atom is 0.137 e. The van der Waals surface area contributed by atoms with Gasteiger partial charge in [0.15, 0.2) is 0 Å². The average molecular weight is 643 g/mol. The Morgan fingerprint density at radius 3 is 2.33 bits per heavy atom. The van der Waals surface area contributed by atoms with Crippen molar-refractivity contribution in [1.82, 2.24) is 14.6 Å². The minimum absolute atomic E-state index is 0.00573. The van der Waals surface area contributed by atoms with Crippen molar-refractivity contribution in [2.45, 2.75) is 53.4 Å². The number of nitrogens with zero attached hydrogens (tertiary/aromatic N) is 4. The summed E-state index contributed by atoms with van der Waals surface area (Å²) in [6.45, 7) is 13.3. The average Bonchev–Trinajstić information content (AvgIpc) is 3.58. The Balaban J connectivity index is 1.27. The van der Waals surface area contributed by atoms with E-state index in [4.69, 9.17) is 9.72 Å². The summed E-state index contributed by atoms with van der Waals surface area (Å²) >= 11 is 0. The van der Waals surface area contributed by atoms with Crippen LogP contribution in [0.25, 0.3) is 38.8 Å². The number of aryl methyl sites for hydroxylation is 3. The molecule has 2 aliphatic rings. The predicted molar refractivity (Wildman–Crippen MR) is 204 cm³/mol. The molecular formula is C44H42N4O. The molecule has 0 saturated carbocycles. The summed E-state index contributed by atoms with van der Waals surface area (Å²) in [5, 5.41) is 6.82. The Hall–Kier alpha value is -5.55. The number of anilines is 1. The number of rotatable bonds is 5. The largest absolute Gasteiger partial charge is 0.457 e. The van der Waals surface area contributed by atoms with Crippen LogP contribution in [-0.4, -0.2) is 21.6 Å². The van der Waals surface area contributed by atoms with Gasteiger partial charge in [-0.15, -0.1) is 0 Å². The molecule has 3 heterocycles. The van der Waals surface area contributed by atoms with Gasteiger partial charge in [0, 0.05) is 42.3 Å². The number of hydrogen-bond acceptors (Lipinski definition) is 4. The van der Waals surface area contributed by atoms with Gasteiger partial charge in [0.1, 0.15) is 17.3 Å². The van der Waals surface area contributed by atoms with Crippen molar-refractivity contribution in [3.63, 3.8) is 0 Å². The minimum Gasteiger partial charge on any atom is -0.457 e. The van der Waals surface area contributed by atoms with Crippen LogP contribution in [0.2, 0.25) is 0 Å². The molecular weight excluding hydrogens is 601 g/mol. The molecule has 0 radical (unpaired) electrons. The van der Waals surface area contributed by atoms with Crippen molar-refractivity contribution < 1.29 is 4.74 Å². The quantitative estimate of drug-likeness (QED) is 0.187. The lowest BCUT2D eigenvalue weighted by Gasteiger charge is -2.29. The lowest BCUT2D eigenvalue weighted by molar-refractivity contribution is 0.449. The molecule has 0 fully saturated rings. The minimum atomic E-state index is 0.00573. The molecule has 49 heavy (non-hydrogen) atoms. The Morgan fingerprint density at radius 2 is 1.55 bits per heavy atom. The normalized spacial score (nSPS) is 14.4. The van der Waals surface area contributed by atoms with Crippen LogP contribution in [0.15, 0.2) is 127 Å². The molecule has 5 heteroatoms. The van der Waals surface area contributed by atoms with Crippen LogP contribution in [0.4, 0.5) is 5.69 Å². The third kappa shape index (κ3) is 5.40. The highest BCUT2D eigenvalue weighted by molar-refractivity contribution is 6.09. The summed E-state index contributed by atoms with van der Waals surface area (Å²) in [6.07, 6.45) is 11.6. The lowest BCUT2D eigenvalue weighted by Crippen LogP contribution is -2.30. The highest BCUT2D eigenvalue weighted by atomic mass is 16.5. The molecule has 6 aromatic rings. The zero-order valence-corrected chi connectivity index (χ0v) is 29.4. The Bertz CT molecular complexity index is 2360. The second kappa shape index (κ2) is 11.6. The molecule has 0 atom stereocenters.